The summed E-state index contributed by atoms with van der Waals surface area (Å²) in [6.07, 6.45) is 10.9. The van der Waals surface area contributed by atoms with Gasteiger partial charge in [-0.15, -0.1) is 0 Å². The molecule has 0 N–H and O–H groups in total. The summed E-state index contributed by atoms with van der Waals surface area (Å²) < 4.78 is 7.73. The van der Waals surface area contributed by atoms with Crippen molar-refractivity contribution in [1.82, 2.24) is 14.5 Å². The van der Waals surface area contributed by atoms with Crippen LogP contribution in [0.5, 0.6) is 0 Å². The van der Waals surface area contributed by atoms with E-state index in [-0.39, 0.29) is 0 Å². The van der Waals surface area contributed by atoms with Crippen molar-refractivity contribution in [3.63, 3.8) is 0 Å². The molecule has 31 heavy (non-hydrogen) atoms. The molecule has 0 amide bonds. The van der Waals surface area contributed by atoms with E-state index in [4.69, 9.17) is 4.74 Å². The summed E-state index contributed by atoms with van der Waals surface area (Å²) in [5.41, 5.74) is 8.00. The third kappa shape index (κ3) is 4.19. The van der Waals surface area contributed by atoms with E-state index >= 15 is 0 Å². The van der Waals surface area contributed by atoms with E-state index in [1.807, 2.05) is 25.4 Å². The minimum atomic E-state index is 0.719. The Hall–Kier alpha value is -3.18. The molecule has 1 aliphatic heterocycles. The van der Waals surface area contributed by atoms with Gasteiger partial charge in [0.25, 0.3) is 0 Å². The highest BCUT2D eigenvalue weighted by Gasteiger charge is 2.19. The van der Waals surface area contributed by atoms with Crippen LogP contribution in [0.15, 0.2) is 49.3 Å². The highest BCUT2D eigenvalue weighted by molar-refractivity contribution is 5.75. The van der Waals surface area contributed by atoms with Crippen molar-refractivity contribution in [1.29, 1.82) is 0 Å². The van der Waals surface area contributed by atoms with Crippen LogP contribution in [0.25, 0.3) is 29.1 Å². The first-order valence-corrected chi connectivity index (χ1v) is 10.9. The summed E-state index contributed by atoms with van der Waals surface area (Å²) in [6.45, 7) is 13.6. The summed E-state index contributed by atoms with van der Waals surface area (Å²) in [6, 6.07) is 8.83. The molecule has 0 atom stereocenters. The maximum absolute atomic E-state index is 5.44. The molecular weight excluding hydrogens is 384 g/mol. The number of aryl methyl sites for hydroxylation is 2. The van der Waals surface area contributed by atoms with E-state index in [9.17, 15) is 0 Å². The maximum atomic E-state index is 5.44. The van der Waals surface area contributed by atoms with Gasteiger partial charge in [-0.25, -0.2) is 9.97 Å². The van der Waals surface area contributed by atoms with E-state index in [0.717, 1.165) is 61.2 Å². The minimum absolute atomic E-state index is 0.719. The van der Waals surface area contributed by atoms with Gasteiger partial charge in [0.1, 0.15) is 0 Å². The fourth-order valence-electron chi connectivity index (χ4n) is 4.13. The Morgan fingerprint density at radius 2 is 1.87 bits per heavy atom. The second-order valence-electron chi connectivity index (χ2n) is 7.77. The predicted octanol–water partition coefficient (Wildman–Crippen LogP) is 5.32. The monoisotopic (exact) mass is 414 g/mol. The average Bonchev–Trinajstić information content (AvgIpc) is 3.18. The van der Waals surface area contributed by atoms with E-state index < -0.39 is 0 Å². The molecule has 160 valence electrons. The highest BCUT2D eigenvalue weighted by Crippen LogP contribution is 2.33. The summed E-state index contributed by atoms with van der Waals surface area (Å²) >= 11 is 0. The molecule has 0 spiro atoms. The number of rotatable bonds is 6. The zero-order valence-electron chi connectivity index (χ0n) is 18.6. The molecule has 1 fully saturated rings. The first-order chi connectivity index (χ1) is 15.2. The zero-order chi connectivity index (χ0) is 21.8. The minimum Gasteiger partial charge on any atom is -0.378 e. The molecule has 4 rings (SSSR count). The number of aromatic nitrogens is 3. The summed E-state index contributed by atoms with van der Waals surface area (Å²) in [7, 11) is 0. The standard InChI is InChI=1S/C26H30N4O/c1-5-8-21-16-25(22-17-27-26(28-18-22)29-11-13-31-14-12-29)30(23(21)7-3)24-10-9-19(4)15-20(24)6-2/h5,7-10,15-18H,3,6,11-14H2,1-2,4H3/b8-5-. The van der Waals surface area contributed by atoms with Crippen LogP contribution in [0.4, 0.5) is 5.95 Å². The van der Waals surface area contributed by atoms with Gasteiger partial charge < -0.3 is 14.2 Å². The van der Waals surface area contributed by atoms with Crippen LogP contribution in [0, 0.1) is 6.92 Å². The van der Waals surface area contributed by atoms with Gasteiger partial charge in [0.05, 0.1) is 24.6 Å². The Kier molecular flexibility index (Phi) is 6.33. The second kappa shape index (κ2) is 9.31. The third-order valence-corrected chi connectivity index (χ3v) is 5.69. The Bertz CT molecular complexity index is 1090. The highest BCUT2D eigenvalue weighted by atomic mass is 16.5. The average molecular weight is 415 g/mol. The maximum Gasteiger partial charge on any atom is 0.225 e. The third-order valence-electron chi connectivity index (χ3n) is 5.69. The smallest absolute Gasteiger partial charge is 0.225 e. The number of hydrogen-bond donors (Lipinski definition) is 0. The van der Waals surface area contributed by atoms with Crippen molar-refractivity contribution in [2.45, 2.75) is 27.2 Å². The van der Waals surface area contributed by atoms with Crippen LogP contribution in [-0.2, 0) is 11.2 Å². The van der Waals surface area contributed by atoms with Gasteiger partial charge in [-0.05, 0) is 44.0 Å². The quantitative estimate of drug-likeness (QED) is 0.548. The summed E-state index contributed by atoms with van der Waals surface area (Å²) in [5, 5.41) is 0. The van der Waals surface area contributed by atoms with Gasteiger partial charge >= 0.3 is 0 Å². The molecule has 1 aliphatic rings. The van der Waals surface area contributed by atoms with Gasteiger partial charge in [-0.3, -0.25) is 0 Å². The molecule has 3 aromatic rings. The zero-order valence-corrected chi connectivity index (χ0v) is 18.6. The van der Waals surface area contributed by atoms with Crippen molar-refractivity contribution in [3.05, 3.63) is 71.7 Å². The van der Waals surface area contributed by atoms with Crippen LogP contribution in [0.1, 0.15) is 36.2 Å². The van der Waals surface area contributed by atoms with Gasteiger partial charge in [0.15, 0.2) is 0 Å². The normalized spacial score (nSPS) is 14.4. The van der Waals surface area contributed by atoms with Crippen LogP contribution < -0.4 is 4.90 Å². The number of allylic oxidation sites excluding steroid dienone is 1. The number of morpholine rings is 1. The van der Waals surface area contributed by atoms with Crippen LogP contribution >= 0.6 is 0 Å². The Balaban J connectivity index is 1.85. The molecule has 2 aromatic heterocycles. The van der Waals surface area contributed by atoms with Crippen molar-refractivity contribution >= 4 is 18.1 Å². The molecule has 1 aromatic carbocycles. The first kappa shape index (κ1) is 21.1. The van der Waals surface area contributed by atoms with Crippen molar-refractivity contribution in [2.24, 2.45) is 0 Å². The Labute approximate surface area is 184 Å². The molecule has 5 nitrogen and oxygen atoms in total. The molecule has 1 saturated heterocycles. The van der Waals surface area contributed by atoms with E-state index in [2.05, 4.69) is 76.3 Å². The molecule has 0 saturated carbocycles. The topological polar surface area (TPSA) is 43.2 Å². The number of hydrogen-bond acceptors (Lipinski definition) is 4. The van der Waals surface area contributed by atoms with E-state index in [0.29, 0.717) is 0 Å². The SMILES string of the molecule is C=Cc1c(/C=C\C)cc(-c2cnc(N3CCOCC3)nc2)n1-c1ccc(C)cc1CC. The molecule has 0 aliphatic carbocycles. The molecule has 0 radical (unpaired) electrons. The Morgan fingerprint density at radius 3 is 2.52 bits per heavy atom. The fourth-order valence-corrected chi connectivity index (χ4v) is 4.13. The number of nitrogens with zero attached hydrogens (tertiary/aromatic N) is 4. The lowest BCUT2D eigenvalue weighted by Gasteiger charge is -2.26. The lowest BCUT2D eigenvalue weighted by molar-refractivity contribution is 0.122. The largest absolute Gasteiger partial charge is 0.378 e. The van der Waals surface area contributed by atoms with Crippen LogP contribution in [0.3, 0.4) is 0 Å². The predicted molar refractivity (Wildman–Crippen MR) is 129 cm³/mol. The number of ether oxygens (including phenoxy) is 1. The van der Waals surface area contributed by atoms with Gasteiger partial charge in [0, 0.05) is 42.3 Å². The van der Waals surface area contributed by atoms with Crippen molar-refractivity contribution < 1.29 is 4.74 Å². The van der Waals surface area contributed by atoms with Gasteiger partial charge in [-0.2, -0.15) is 0 Å². The lowest BCUT2D eigenvalue weighted by atomic mass is 10.1. The van der Waals surface area contributed by atoms with Crippen LogP contribution in [0.2, 0.25) is 0 Å². The van der Waals surface area contributed by atoms with Gasteiger partial charge in [0.2, 0.25) is 5.95 Å². The summed E-state index contributed by atoms with van der Waals surface area (Å²) in [4.78, 5) is 11.5. The van der Waals surface area contributed by atoms with Crippen molar-refractivity contribution in [2.75, 3.05) is 31.2 Å². The first-order valence-electron chi connectivity index (χ1n) is 10.9. The van der Waals surface area contributed by atoms with Gasteiger partial charge in [-0.1, -0.05) is 43.4 Å². The number of benzene rings is 1. The number of anilines is 1. The molecule has 3 heterocycles. The lowest BCUT2D eigenvalue weighted by Crippen LogP contribution is -2.37. The molecule has 0 unspecified atom stereocenters. The molecule has 0 bridgehead atoms. The second-order valence-corrected chi connectivity index (χ2v) is 7.77. The molecule has 5 heteroatoms. The fraction of sp³-hybridized carbons (Fsp3) is 0.308. The summed E-state index contributed by atoms with van der Waals surface area (Å²) in [5.74, 6) is 0.757. The van der Waals surface area contributed by atoms with E-state index in [1.165, 1.54) is 16.8 Å². The van der Waals surface area contributed by atoms with E-state index in [1.54, 1.807) is 0 Å². The van der Waals surface area contributed by atoms with Crippen LogP contribution in [-0.4, -0.2) is 40.8 Å². The Morgan fingerprint density at radius 1 is 1.13 bits per heavy atom. The van der Waals surface area contributed by atoms with Crippen molar-refractivity contribution in [3.8, 4) is 16.9 Å². The molecular formula is C26H30N4O.